The summed E-state index contributed by atoms with van der Waals surface area (Å²) in [5.74, 6) is -1.47. The third-order valence-electron chi connectivity index (χ3n) is 3.04. The van der Waals surface area contributed by atoms with Gasteiger partial charge in [-0.25, -0.2) is 19.0 Å². The molecule has 0 atom stereocenters. The van der Waals surface area contributed by atoms with E-state index in [1.54, 1.807) is 12.4 Å². The van der Waals surface area contributed by atoms with E-state index in [4.69, 9.17) is 4.74 Å². The van der Waals surface area contributed by atoms with Crippen LogP contribution in [0.5, 0.6) is 11.8 Å². The Morgan fingerprint density at radius 2 is 1.96 bits per heavy atom. The second-order valence-electron chi connectivity index (χ2n) is 4.98. The van der Waals surface area contributed by atoms with Crippen LogP contribution in [0.4, 0.5) is 13.2 Å². The molecule has 0 bridgehead atoms. The second kappa shape index (κ2) is 7.16. The van der Waals surface area contributed by atoms with Crippen LogP contribution in [0, 0.1) is 12.7 Å². The largest absolute Gasteiger partial charge is 0.457 e. The van der Waals surface area contributed by atoms with Gasteiger partial charge >= 0.3 is 12.6 Å². The molecule has 1 aromatic carbocycles. The fraction of sp³-hybridized carbons (Fsp3) is 0.200. The predicted octanol–water partition coefficient (Wildman–Crippen LogP) is 2.69. The van der Waals surface area contributed by atoms with Crippen LogP contribution in [0.1, 0.15) is 11.3 Å². The van der Waals surface area contributed by atoms with Crippen molar-refractivity contribution in [3.05, 3.63) is 53.9 Å². The van der Waals surface area contributed by atoms with Crippen LogP contribution in [-0.2, 0) is 6.61 Å². The van der Waals surface area contributed by atoms with Gasteiger partial charge in [0.2, 0.25) is 0 Å². The molecule has 7 nitrogen and oxygen atoms in total. The lowest BCUT2D eigenvalue weighted by Crippen LogP contribution is -2.05. The lowest BCUT2D eigenvalue weighted by atomic mass is 10.3. The molecule has 0 saturated carbocycles. The van der Waals surface area contributed by atoms with Crippen molar-refractivity contribution in [1.82, 2.24) is 25.0 Å². The van der Waals surface area contributed by atoms with Crippen LogP contribution < -0.4 is 9.47 Å². The number of alkyl halides is 2. The molecule has 0 radical (unpaired) electrons. The van der Waals surface area contributed by atoms with Crippen molar-refractivity contribution in [2.24, 2.45) is 0 Å². The molecule has 0 saturated heterocycles. The van der Waals surface area contributed by atoms with Gasteiger partial charge in [0.25, 0.3) is 0 Å². The Balaban J connectivity index is 1.71. The maximum absolute atomic E-state index is 13.5. The third kappa shape index (κ3) is 4.22. The van der Waals surface area contributed by atoms with Gasteiger partial charge in [-0.3, -0.25) is 0 Å². The third-order valence-corrected chi connectivity index (χ3v) is 3.04. The molecule has 0 amide bonds. The molecule has 2 aromatic heterocycles. The van der Waals surface area contributed by atoms with Crippen molar-refractivity contribution < 1.29 is 22.6 Å². The van der Waals surface area contributed by atoms with Gasteiger partial charge in [0, 0.05) is 18.5 Å². The molecule has 10 heteroatoms. The average Bonchev–Trinajstić information content (AvgIpc) is 3.05. The molecule has 0 aliphatic heterocycles. The molecule has 2 heterocycles. The Hall–Kier alpha value is -3.17. The number of aryl methyl sites for hydroxylation is 1. The van der Waals surface area contributed by atoms with Crippen molar-refractivity contribution in [3.8, 4) is 17.4 Å². The molecule has 0 aliphatic carbocycles. The van der Waals surface area contributed by atoms with Crippen molar-refractivity contribution in [2.75, 3.05) is 0 Å². The fourth-order valence-electron chi connectivity index (χ4n) is 1.91. The van der Waals surface area contributed by atoms with Crippen LogP contribution in [0.25, 0.3) is 5.69 Å². The van der Waals surface area contributed by atoms with Crippen molar-refractivity contribution in [1.29, 1.82) is 0 Å². The summed E-state index contributed by atoms with van der Waals surface area (Å²) in [6, 6.07) is 3.65. The fourth-order valence-corrected chi connectivity index (χ4v) is 1.91. The average molecular weight is 351 g/mol. The van der Waals surface area contributed by atoms with E-state index in [-0.39, 0.29) is 12.6 Å². The van der Waals surface area contributed by atoms with E-state index in [0.29, 0.717) is 11.4 Å². The number of hydrogen-bond acceptors (Lipinski definition) is 6. The number of hydrogen-bond donors (Lipinski definition) is 0. The number of ether oxygens (including phenoxy) is 2. The highest BCUT2D eigenvalue weighted by molar-refractivity contribution is 5.39. The Kier molecular flexibility index (Phi) is 4.78. The minimum Gasteiger partial charge on any atom is -0.457 e. The Bertz CT molecular complexity index is 855. The molecule has 0 spiro atoms. The second-order valence-corrected chi connectivity index (χ2v) is 4.98. The molecule has 25 heavy (non-hydrogen) atoms. The highest BCUT2D eigenvalue weighted by atomic mass is 19.3. The molecular formula is C15H12F3N5O2. The van der Waals surface area contributed by atoms with Crippen LogP contribution in [0.15, 0.2) is 36.8 Å². The zero-order valence-electron chi connectivity index (χ0n) is 12.9. The monoisotopic (exact) mass is 351 g/mol. The van der Waals surface area contributed by atoms with Crippen molar-refractivity contribution >= 4 is 0 Å². The summed E-state index contributed by atoms with van der Waals surface area (Å²) in [6.45, 7) is -1.21. The van der Waals surface area contributed by atoms with Gasteiger partial charge in [0.15, 0.2) is 11.6 Å². The maximum Gasteiger partial charge on any atom is 0.387 e. The van der Waals surface area contributed by atoms with Crippen LogP contribution >= 0.6 is 0 Å². The van der Waals surface area contributed by atoms with Gasteiger partial charge in [-0.1, -0.05) is 5.21 Å². The first-order chi connectivity index (χ1) is 12.0. The van der Waals surface area contributed by atoms with Crippen molar-refractivity contribution in [2.45, 2.75) is 20.1 Å². The molecular weight excluding hydrogens is 339 g/mol. The minimum atomic E-state index is -3.13. The molecule has 0 aliphatic rings. The normalized spacial score (nSPS) is 10.9. The Labute approximate surface area is 140 Å². The van der Waals surface area contributed by atoms with E-state index in [0.717, 1.165) is 17.7 Å². The lowest BCUT2D eigenvalue weighted by Gasteiger charge is -2.07. The first-order valence-electron chi connectivity index (χ1n) is 7.08. The zero-order chi connectivity index (χ0) is 17.8. The smallest absolute Gasteiger partial charge is 0.387 e. The first-order valence-corrected chi connectivity index (χ1v) is 7.08. The molecule has 3 aromatic rings. The van der Waals surface area contributed by atoms with Gasteiger partial charge in [-0.15, -0.1) is 5.10 Å². The summed E-state index contributed by atoms with van der Waals surface area (Å²) < 4.78 is 48.8. The summed E-state index contributed by atoms with van der Waals surface area (Å²) in [5, 5.41) is 7.73. The highest BCUT2D eigenvalue weighted by Crippen LogP contribution is 2.22. The van der Waals surface area contributed by atoms with E-state index in [9.17, 15) is 13.2 Å². The number of rotatable bonds is 6. The summed E-state index contributed by atoms with van der Waals surface area (Å²) in [7, 11) is 0. The highest BCUT2D eigenvalue weighted by Gasteiger charge is 2.12. The van der Waals surface area contributed by atoms with E-state index < -0.39 is 18.2 Å². The van der Waals surface area contributed by atoms with E-state index in [1.807, 2.05) is 6.92 Å². The van der Waals surface area contributed by atoms with Gasteiger partial charge in [-0.05, 0) is 24.6 Å². The Morgan fingerprint density at radius 3 is 2.68 bits per heavy atom. The lowest BCUT2D eigenvalue weighted by molar-refractivity contribution is -0.0521. The maximum atomic E-state index is 13.5. The van der Waals surface area contributed by atoms with Gasteiger partial charge < -0.3 is 9.47 Å². The van der Waals surface area contributed by atoms with Crippen LogP contribution in [0.2, 0.25) is 0 Å². The number of benzene rings is 1. The number of nitrogens with zero attached hydrogens (tertiary/aromatic N) is 5. The number of aromatic nitrogens is 5. The molecule has 3 rings (SSSR count). The summed E-state index contributed by atoms with van der Waals surface area (Å²) >= 11 is 0. The number of halogens is 3. The first kappa shape index (κ1) is 16.7. The van der Waals surface area contributed by atoms with Gasteiger partial charge in [0.05, 0.1) is 11.9 Å². The SMILES string of the molecule is Cc1cnc(OCc2cn(-c3ccc(F)c(OC(F)F)c3)nn2)nc1. The topological polar surface area (TPSA) is 75.0 Å². The summed E-state index contributed by atoms with van der Waals surface area (Å²) in [4.78, 5) is 7.98. The quantitative estimate of drug-likeness (QED) is 0.680. The van der Waals surface area contributed by atoms with E-state index in [2.05, 4.69) is 25.0 Å². The van der Waals surface area contributed by atoms with Crippen molar-refractivity contribution in [3.63, 3.8) is 0 Å². The van der Waals surface area contributed by atoms with Crippen LogP contribution in [0.3, 0.4) is 0 Å². The zero-order valence-corrected chi connectivity index (χ0v) is 12.9. The van der Waals surface area contributed by atoms with Gasteiger partial charge in [0.1, 0.15) is 12.3 Å². The van der Waals surface area contributed by atoms with E-state index >= 15 is 0 Å². The molecule has 130 valence electrons. The molecule has 0 unspecified atom stereocenters. The van der Waals surface area contributed by atoms with Crippen LogP contribution in [-0.4, -0.2) is 31.6 Å². The van der Waals surface area contributed by atoms with E-state index in [1.165, 1.54) is 16.9 Å². The summed E-state index contributed by atoms with van der Waals surface area (Å²) in [6.07, 6.45) is 4.73. The molecule has 0 N–H and O–H groups in total. The molecule has 0 fully saturated rings. The predicted molar refractivity (Wildman–Crippen MR) is 79.1 cm³/mol. The standard InChI is InChI=1S/C15H12F3N5O2/c1-9-5-19-15(20-6-9)24-8-10-7-23(22-21-10)11-2-3-12(16)13(4-11)25-14(17)18/h2-7,14H,8H2,1H3. The summed E-state index contributed by atoms with van der Waals surface area (Å²) in [5.41, 5.74) is 1.66. The Morgan fingerprint density at radius 1 is 1.20 bits per heavy atom. The minimum absolute atomic E-state index is 0.0602. The van der Waals surface area contributed by atoms with Gasteiger partial charge in [-0.2, -0.15) is 8.78 Å².